The van der Waals surface area contributed by atoms with Crippen LogP contribution in [0.25, 0.3) is 0 Å². The fourth-order valence-corrected chi connectivity index (χ4v) is 2.18. The van der Waals surface area contributed by atoms with E-state index in [1.54, 1.807) is 0 Å². The smallest absolute Gasteiger partial charge is 0.330 e. The summed E-state index contributed by atoms with van der Waals surface area (Å²) >= 11 is 0. The van der Waals surface area contributed by atoms with Gasteiger partial charge in [0, 0.05) is 6.20 Å². The van der Waals surface area contributed by atoms with Gasteiger partial charge in [0.15, 0.2) is 6.23 Å². The summed E-state index contributed by atoms with van der Waals surface area (Å²) in [5.74, 6) is -1.46. The second-order valence-electron chi connectivity index (χ2n) is 4.82. The van der Waals surface area contributed by atoms with E-state index in [4.69, 9.17) is 20.7 Å². The van der Waals surface area contributed by atoms with Crippen molar-refractivity contribution in [2.45, 2.75) is 37.2 Å². The van der Waals surface area contributed by atoms with Gasteiger partial charge in [-0.25, -0.2) is 4.79 Å². The zero-order valence-electron chi connectivity index (χ0n) is 11.1. The lowest BCUT2D eigenvalue weighted by atomic mass is 10.0. The molecule has 1 fully saturated rings. The van der Waals surface area contributed by atoms with E-state index >= 15 is 0 Å². The fraction of sp³-hybridized carbons (Fsp3) is 0.545. The third-order valence-corrected chi connectivity index (χ3v) is 3.40. The first-order chi connectivity index (χ1) is 10.3. The molecule has 7 N–H and O–H groups in total. The topological polar surface area (TPSA) is 188 Å². The summed E-state index contributed by atoms with van der Waals surface area (Å²) in [6, 6.07) is -1.62. The van der Waals surface area contributed by atoms with Gasteiger partial charge in [-0.1, -0.05) is 0 Å². The average molecular weight is 317 g/mol. The minimum absolute atomic E-state index is 0.170. The van der Waals surface area contributed by atoms with Crippen LogP contribution in [0.4, 0.5) is 0 Å². The Morgan fingerprint density at radius 3 is 2.59 bits per heavy atom. The van der Waals surface area contributed by atoms with E-state index in [0.29, 0.717) is 0 Å². The molecular formula is C11H15N3O8. The van der Waals surface area contributed by atoms with Crippen LogP contribution in [0.15, 0.2) is 15.8 Å². The number of aliphatic hydroxyl groups excluding tert-OH is 3. The van der Waals surface area contributed by atoms with Crippen molar-refractivity contribution in [2.24, 2.45) is 5.73 Å². The van der Waals surface area contributed by atoms with Gasteiger partial charge in [-0.05, 0) is 0 Å². The molecule has 22 heavy (non-hydrogen) atoms. The fourth-order valence-electron chi connectivity index (χ4n) is 2.18. The molecule has 1 unspecified atom stereocenters. The molecule has 11 heteroatoms. The number of aliphatic carboxylic acids is 1. The molecule has 11 nitrogen and oxygen atoms in total. The highest BCUT2D eigenvalue weighted by molar-refractivity contribution is 5.74. The van der Waals surface area contributed by atoms with Gasteiger partial charge >= 0.3 is 11.7 Å². The molecule has 1 aliphatic heterocycles. The summed E-state index contributed by atoms with van der Waals surface area (Å²) in [5, 5.41) is 37.6. The van der Waals surface area contributed by atoms with Crippen LogP contribution in [-0.4, -0.2) is 60.3 Å². The van der Waals surface area contributed by atoms with Crippen molar-refractivity contribution in [2.75, 3.05) is 0 Å². The molecule has 0 radical (unpaired) electrons. The molecule has 1 saturated heterocycles. The number of aromatic amines is 1. The van der Waals surface area contributed by atoms with Gasteiger partial charge in [0.25, 0.3) is 5.56 Å². The molecule has 0 bridgehead atoms. The van der Waals surface area contributed by atoms with Crippen LogP contribution >= 0.6 is 0 Å². The summed E-state index contributed by atoms with van der Waals surface area (Å²) in [5.41, 5.74) is 3.42. The van der Waals surface area contributed by atoms with E-state index < -0.39 is 54.4 Å². The first-order valence-electron chi connectivity index (χ1n) is 6.23. The quantitative estimate of drug-likeness (QED) is 0.322. The predicted octanol–water partition coefficient (Wildman–Crippen LogP) is -3.94. The first kappa shape index (κ1) is 16.3. The highest BCUT2D eigenvalue weighted by Gasteiger charge is 2.48. The number of hydrogen-bond donors (Lipinski definition) is 6. The zero-order chi connectivity index (χ0) is 16.6. The SMILES string of the molecule is N[C@H](C(=O)O)C1O[C@@H](n2cc(CO)c(=O)[nH]c2=O)[C@H](O)[C@@H]1O. The maximum absolute atomic E-state index is 11.8. The number of nitrogens with one attached hydrogen (secondary N) is 1. The van der Waals surface area contributed by atoms with Crippen molar-refractivity contribution in [3.8, 4) is 0 Å². The molecule has 0 aliphatic carbocycles. The maximum atomic E-state index is 11.8. The number of carboxylic acids is 1. The first-order valence-corrected chi connectivity index (χ1v) is 6.23. The molecule has 0 aromatic carbocycles. The Balaban J connectivity index is 2.40. The molecule has 122 valence electrons. The summed E-state index contributed by atoms with van der Waals surface area (Å²) in [7, 11) is 0. The standard InChI is InChI=1S/C11H15N3O8/c12-4(10(19)20)7-5(16)6(17)9(22-7)14-1-3(2-15)8(18)13-11(14)21/h1,4-7,9,15-17H,2,12H2,(H,19,20)(H,13,18,21)/t4-,5-,6+,7?,9+/m0/s1. The molecule has 0 amide bonds. The number of carboxylic acid groups (broad SMARTS) is 1. The van der Waals surface area contributed by atoms with Gasteiger partial charge < -0.3 is 30.9 Å². The van der Waals surface area contributed by atoms with Crippen LogP contribution in [0.2, 0.25) is 0 Å². The monoisotopic (exact) mass is 317 g/mol. The molecule has 1 aromatic rings. The second kappa shape index (κ2) is 5.98. The van der Waals surface area contributed by atoms with Crippen LogP contribution < -0.4 is 17.0 Å². The Kier molecular flexibility index (Phi) is 4.44. The molecule has 0 saturated carbocycles. The molecule has 1 aromatic heterocycles. The van der Waals surface area contributed by atoms with E-state index in [9.17, 15) is 24.6 Å². The van der Waals surface area contributed by atoms with E-state index in [1.165, 1.54) is 0 Å². The number of rotatable bonds is 4. The maximum Gasteiger partial charge on any atom is 0.330 e. The van der Waals surface area contributed by atoms with E-state index in [1.807, 2.05) is 4.98 Å². The van der Waals surface area contributed by atoms with Crippen LogP contribution in [0.1, 0.15) is 11.8 Å². The number of carbonyl (C=O) groups is 1. The Labute approximate surface area is 122 Å². The van der Waals surface area contributed by atoms with Crippen molar-refractivity contribution in [3.05, 3.63) is 32.6 Å². The molecular weight excluding hydrogens is 302 g/mol. The number of ether oxygens (including phenoxy) is 1. The van der Waals surface area contributed by atoms with Crippen LogP contribution in [0.5, 0.6) is 0 Å². The minimum Gasteiger partial charge on any atom is -0.480 e. The largest absolute Gasteiger partial charge is 0.480 e. The summed E-state index contributed by atoms with van der Waals surface area (Å²) in [6.45, 7) is -0.668. The Morgan fingerprint density at radius 2 is 2.05 bits per heavy atom. The van der Waals surface area contributed by atoms with Crippen LogP contribution in [0.3, 0.4) is 0 Å². The molecule has 5 atom stereocenters. The number of hydrogen-bond acceptors (Lipinski definition) is 8. The molecule has 2 rings (SSSR count). The average Bonchev–Trinajstić information content (AvgIpc) is 2.75. The van der Waals surface area contributed by atoms with E-state index in [-0.39, 0.29) is 5.56 Å². The van der Waals surface area contributed by atoms with Gasteiger partial charge in [-0.2, -0.15) is 0 Å². The Bertz CT molecular complexity index is 683. The number of nitrogens with two attached hydrogens (primary N) is 1. The Hall–Kier alpha value is -2.05. The minimum atomic E-state index is -1.65. The number of aromatic nitrogens is 2. The predicted molar refractivity (Wildman–Crippen MR) is 68.8 cm³/mol. The third kappa shape index (κ3) is 2.67. The number of nitrogens with zero attached hydrogens (tertiary/aromatic N) is 1. The highest BCUT2D eigenvalue weighted by atomic mass is 16.6. The lowest BCUT2D eigenvalue weighted by Gasteiger charge is -2.18. The lowest BCUT2D eigenvalue weighted by molar-refractivity contribution is -0.144. The van der Waals surface area contributed by atoms with Crippen molar-refractivity contribution in [3.63, 3.8) is 0 Å². The van der Waals surface area contributed by atoms with Crippen LogP contribution in [-0.2, 0) is 16.1 Å². The summed E-state index contributed by atoms with van der Waals surface area (Å²) in [4.78, 5) is 35.9. The summed E-state index contributed by atoms with van der Waals surface area (Å²) < 4.78 is 5.91. The highest BCUT2D eigenvalue weighted by Crippen LogP contribution is 2.29. The molecule has 2 heterocycles. The van der Waals surface area contributed by atoms with Gasteiger partial charge in [-0.3, -0.25) is 19.1 Å². The summed E-state index contributed by atoms with van der Waals surface area (Å²) in [6.07, 6.45) is -5.25. The van der Waals surface area contributed by atoms with Gasteiger partial charge in [-0.15, -0.1) is 0 Å². The number of H-pyrrole nitrogens is 1. The van der Waals surface area contributed by atoms with Gasteiger partial charge in [0.2, 0.25) is 0 Å². The number of aliphatic hydroxyl groups is 3. The Morgan fingerprint density at radius 1 is 1.41 bits per heavy atom. The van der Waals surface area contributed by atoms with Crippen molar-refractivity contribution < 1.29 is 30.0 Å². The third-order valence-electron chi connectivity index (χ3n) is 3.40. The van der Waals surface area contributed by atoms with Gasteiger partial charge in [0.05, 0.1) is 12.2 Å². The second-order valence-corrected chi connectivity index (χ2v) is 4.82. The van der Waals surface area contributed by atoms with Crippen molar-refractivity contribution in [1.82, 2.24) is 9.55 Å². The van der Waals surface area contributed by atoms with Crippen molar-refractivity contribution in [1.29, 1.82) is 0 Å². The normalized spacial score (nSPS) is 29.5. The van der Waals surface area contributed by atoms with Crippen LogP contribution in [0, 0.1) is 0 Å². The molecule has 0 spiro atoms. The zero-order valence-corrected chi connectivity index (χ0v) is 11.1. The van der Waals surface area contributed by atoms with Crippen molar-refractivity contribution >= 4 is 5.97 Å². The van der Waals surface area contributed by atoms with E-state index in [2.05, 4.69) is 0 Å². The van der Waals surface area contributed by atoms with E-state index in [0.717, 1.165) is 10.8 Å². The lowest BCUT2D eigenvalue weighted by Crippen LogP contribution is -2.48. The molecule has 1 aliphatic rings. The van der Waals surface area contributed by atoms with Gasteiger partial charge in [0.1, 0.15) is 24.4 Å².